The Morgan fingerprint density at radius 1 is 0.906 bits per heavy atom. The second-order valence-electron chi connectivity index (χ2n) is 6.91. The van der Waals surface area contributed by atoms with Crippen molar-refractivity contribution in [2.24, 2.45) is 10.9 Å². The molecular formula is C23H26N2O7. The van der Waals surface area contributed by atoms with Crippen molar-refractivity contribution in [2.75, 3.05) is 42.1 Å². The molecule has 1 N–H and O–H groups in total. The van der Waals surface area contributed by atoms with Crippen LogP contribution in [0.3, 0.4) is 0 Å². The molecule has 0 radical (unpaired) electrons. The number of amides is 2. The maximum absolute atomic E-state index is 12.7. The van der Waals surface area contributed by atoms with Crippen molar-refractivity contribution in [1.82, 2.24) is 5.32 Å². The SMILES string of the molecule is COc1cc(C(=O)NCCC2C=c3c(OC)ccc(OC)c3=NC2=O)cc(OC)c1OC. The fourth-order valence-corrected chi connectivity index (χ4v) is 3.52. The summed E-state index contributed by atoms with van der Waals surface area (Å²) in [6, 6.07) is 6.61. The number of carbonyl (C=O) groups is 2. The highest BCUT2D eigenvalue weighted by Gasteiger charge is 2.22. The van der Waals surface area contributed by atoms with Gasteiger partial charge in [-0.25, -0.2) is 4.99 Å². The van der Waals surface area contributed by atoms with Crippen LogP contribution >= 0.6 is 0 Å². The molecule has 3 rings (SSSR count). The van der Waals surface area contributed by atoms with Gasteiger partial charge in [0.1, 0.15) is 16.9 Å². The Morgan fingerprint density at radius 2 is 1.50 bits per heavy atom. The Kier molecular flexibility index (Phi) is 7.19. The monoisotopic (exact) mass is 442 g/mol. The average Bonchev–Trinajstić information content (AvgIpc) is 2.82. The predicted octanol–water partition coefficient (Wildman–Crippen LogP) is 1.11. The Morgan fingerprint density at radius 3 is 2.06 bits per heavy atom. The molecule has 0 fully saturated rings. The zero-order valence-electron chi connectivity index (χ0n) is 18.7. The first-order valence-corrected chi connectivity index (χ1v) is 9.91. The molecule has 0 bridgehead atoms. The van der Waals surface area contributed by atoms with Crippen molar-refractivity contribution in [3.63, 3.8) is 0 Å². The number of fused-ring (bicyclic) bond motifs is 1. The van der Waals surface area contributed by atoms with Crippen LogP contribution in [-0.2, 0) is 4.79 Å². The maximum atomic E-state index is 12.7. The van der Waals surface area contributed by atoms with Crippen LogP contribution in [0.1, 0.15) is 16.8 Å². The van der Waals surface area contributed by atoms with E-state index in [1.54, 1.807) is 37.5 Å². The Bertz CT molecular complexity index is 1120. The largest absolute Gasteiger partial charge is 0.496 e. The van der Waals surface area contributed by atoms with E-state index in [1.165, 1.54) is 28.4 Å². The number of benzene rings is 2. The molecule has 0 saturated carbocycles. The molecule has 0 aliphatic carbocycles. The lowest BCUT2D eigenvalue weighted by Crippen LogP contribution is -2.37. The Balaban J connectivity index is 1.76. The summed E-state index contributed by atoms with van der Waals surface area (Å²) in [6.07, 6.45) is 2.18. The minimum Gasteiger partial charge on any atom is -0.496 e. The van der Waals surface area contributed by atoms with E-state index in [0.717, 1.165) is 0 Å². The van der Waals surface area contributed by atoms with Crippen LogP contribution in [0.25, 0.3) is 6.08 Å². The first-order valence-electron chi connectivity index (χ1n) is 9.91. The van der Waals surface area contributed by atoms with E-state index in [-0.39, 0.29) is 18.4 Å². The van der Waals surface area contributed by atoms with Crippen molar-refractivity contribution < 1.29 is 33.3 Å². The molecule has 1 atom stereocenters. The van der Waals surface area contributed by atoms with Crippen LogP contribution in [0.4, 0.5) is 0 Å². The summed E-state index contributed by atoms with van der Waals surface area (Å²) in [4.78, 5) is 29.4. The molecule has 1 unspecified atom stereocenters. The third-order valence-electron chi connectivity index (χ3n) is 5.15. The van der Waals surface area contributed by atoms with Gasteiger partial charge in [0.15, 0.2) is 11.5 Å². The normalized spacial score (nSPS) is 14.4. The molecule has 0 saturated heterocycles. The van der Waals surface area contributed by atoms with Crippen molar-refractivity contribution >= 4 is 17.9 Å². The molecule has 0 aromatic heterocycles. The molecule has 1 heterocycles. The number of hydrogen-bond donors (Lipinski definition) is 1. The van der Waals surface area contributed by atoms with E-state index in [9.17, 15) is 9.59 Å². The Hall–Kier alpha value is -3.75. The number of nitrogens with zero attached hydrogens (tertiary/aromatic N) is 1. The van der Waals surface area contributed by atoms with Gasteiger partial charge in [-0.3, -0.25) is 9.59 Å². The van der Waals surface area contributed by atoms with E-state index < -0.39 is 5.92 Å². The highest BCUT2D eigenvalue weighted by Crippen LogP contribution is 2.38. The topological polar surface area (TPSA) is 105 Å². The van der Waals surface area contributed by atoms with Gasteiger partial charge in [-0.1, -0.05) is 6.08 Å². The van der Waals surface area contributed by atoms with Crippen LogP contribution in [0.2, 0.25) is 0 Å². The molecule has 2 aromatic rings. The first kappa shape index (κ1) is 22.9. The van der Waals surface area contributed by atoms with Crippen LogP contribution in [0, 0.1) is 5.92 Å². The van der Waals surface area contributed by atoms with Crippen molar-refractivity contribution in [3.8, 4) is 28.7 Å². The zero-order chi connectivity index (χ0) is 23.3. The van der Waals surface area contributed by atoms with Gasteiger partial charge < -0.3 is 29.0 Å². The van der Waals surface area contributed by atoms with E-state index in [4.69, 9.17) is 23.7 Å². The van der Waals surface area contributed by atoms with E-state index in [0.29, 0.717) is 51.3 Å². The third kappa shape index (κ3) is 4.46. The molecule has 0 spiro atoms. The summed E-state index contributed by atoms with van der Waals surface area (Å²) >= 11 is 0. The minimum atomic E-state index is -0.497. The van der Waals surface area contributed by atoms with Gasteiger partial charge in [0.25, 0.3) is 11.8 Å². The number of carbonyl (C=O) groups excluding carboxylic acids is 2. The fraction of sp³-hybridized carbons (Fsp3) is 0.348. The van der Waals surface area contributed by atoms with Crippen LogP contribution < -0.4 is 39.6 Å². The summed E-state index contributed by atoms with van der Waals surface area (Å²) in [7, 11) is 7.53. The summed E-state index contributed by atoms with van der Waals surface area (Å²) in [5.41, 5.74) is 0.347. The standard InChI is InChI=1S/C23H26N2O7/c1-28-16-6-7-17(29-2)20-15(16)10-13(23(27)25-20)8-9-24-22(26)14-11-18(30-3)21(32-5)19(12-14)31-4/h6-7,10-13H,8-9H2,1-5H3,(H,24,26). The van der Waals surface area contributed by atoms with Crippen LogP contribution in [-0.4, -0.2) is 53.9 Å². The quantitative estimate of drug-likeness (QED) is 0.620. The summed E-state index contributed by atoms with van der Waals surface area (Å²) < 4.78 is 26.6. The molecule has 1 aliphatic rings. The van der Waals surface area contributed by atoms with Gasteiger partial charge in [0, 0.05) is 17.3 Å². The molecule has 32 heavy (non-hydrogen) atoms. The highest BCUT2D eigenvalue weighted by atomic mass is 16.5. The molecular weight excluding hydrogens is 416 g/mol. The molecule has 2 amide bonds. The fourth-order valence-electron chi connectivity index (χ4n) is 3.52. The molecule has 2 aromatic carbocycles. The van der Waals surface area contributed by atoms with Crippen LogP contribution in [0.5, 0.6) is 28.7 Å². The highest BCUT2D eigenvalue weighted by molar-refractivity contribution is 5.95. The number of nitrogens with one attached hydrogen (secondary N) is 1. The molecule has 170 valence electrons. The second kappa shape index (κ2) is 10.0. The minimum absolute atomic E-state index is 0.263. The van der Waals surface area contributed by atoms with E-state index in [1.807, 2.05) is 0 Å². The number of hydrogen-bond acceptors (Lipinski definition) is 7. The van der Waals surface area contributed by atoms with Gasteiger partial charge >= 0.3 is 0 Å². The van der Waals surface area contributed by atoms with Crippen LogP contribution in [0.15, 0.2) is 29.3 Å². The predicted molar refractivity (Wildman–Crippen MR) is 116 cm³/mol. The lowest BCUT2D eigenvalue weighted by molar-refractivity contribution is -0.120. The molecule has 9 nitrogen and oxygen atoms in total. The van der Waals surface area contributed by atoms with Gasteiger partial charge in [-0.05, 0) is 30.7 Å². The van der Waals surface area contributed by atoms with Gasteiger partial charge in [-0.15, -0.1) is 0 Å². The number of ether oxygens (including phenoxy) is 5. The van der Waals surface area contributed by atoms with Gasteiger partial charge in [0.05, 0.1) is 41.5 Å². The van der Waals surface area contributed by atoms with E-state index >= 15 is 0 Å². The van der Waals surface area contributed by atoms with Crippen molar-refractivity contribution in [2.45, 2.75) is 6.42 Å². The smallest absolute Gasteiger partial charge is 0.253 e. The van der Waals surface area contributed by atoms with E-state index in [2.05, 4.69) is 10.3 Å². The first-order chi connectivity index (χ1) is 15.5. The number of rotatable bonds is 9. The van der Waals surface area contributed by atoms with Gasteiger partial charge in [-0.2, -0.15) is 0 Å². The lowest BCUT2D eigenvalue weighted by Gasteiger charge is -2.16. The summed E-state index contributed by atoms with van der Waals surface area (Å²) in [5.74, 6) is 1.13. The van der Waals surface area contributed by atoms with Crippen molar-refractivity contribution in [3.05, 3.63) is 40.4 Å². The lowest BCUT2D eigenvalue weighted by atomic mass is 9.99. The summed E-state index contributed by atoms with van der Waals surface area (Å²) in [6.45, 7) is 0.263. The van der Waals surface area contributed by atoms with Crippen molar-refractivity contribution in [1.29, 1.82) is 0 Å². The van der Waals surface area contributed by atoms with Gasteiger partial charge in [0.2, 0.25) is 5.75 Å². The Labute approximate surface area is 185 Å². The third-order valence-corrected chi connectivity index (χ3v) is 5.15. The maximum Gasteiger partial charge on any atom is 0.253 e. The number of methoxy groups -OCH3 is 5. The molecule has 9 heteroatoms. The molecule has 1 aliphatic heterocycles. The second-order valence-corrected chi connectivity index (χ2v) is 6.91. The summed E-state index contributed by atoms with van der Waals surface area (Å²) in [5, 5.41) is 3.98. The average molecular weight is 442 g/mol. The zero-order valence-corrected chi connectivity index (χ0v) is 18.7.